The maximum atomic E-state index is 12.4. The summed E-state index contributed by atoms with van der Waals surface area (Å²) in [5.41, 5.74) is 4.34. The van der Waals surface area contributed by atoms with Crippen LogP contribution < -0.4 is 16.4 Å². The summed E-state index contributed by atoms with van der Waals surface area (Å²) >= 11 is 0. The number of hydrogen-bond donors (Lipinski definition) is 3. The van der Waals surface area contributed by atoms with E-state index < -0.39 is 23.7 Å². The number of carbonyl (C=O) groups is 2. The molecule has 0 fully saturated rings. The summed E-state index contributed by atoms with van der Waals surface area (Å²) in [6, 6.07) is 3.74. The monoisotopic (exact) mass is 275 g/mol. The third-order valence-electron chi connectivity index (χ3n) is 2.13. The predicted molar refractivity (Wildman–Crippen MR) is 60.9 cm³/mol. The van der Waals surface area contributed by atoms with Crippen LogP contribution in [0.1, 0.15) is 11.1 Å². The highest BCUT2D eigenvalue weighted by Gasteiger charge is 2.30. The largest absolute Gasteiger partial charge is 0.416 e. The van der Waals surface area contributed by atoms with Crippen molar-refractivity contribution in [2.75, 3.05) is 6.54 Å². The molecule has 3 amide bonds. The van der Waals surface area contributed by atoms with Gasteiger partial charge in [0.2, 0.25) is 5.91 Å². The summed E-state index contributed by atoms with van der Waals surface area (Å²) in [5.74, 6) is -0.653. The molecule has 1 aromatic rings. The normalized spacial score (nSPS) is 11.1. The molecule has 0 radical (unpaired) electrons. The van der Waals surface area contributed by atoms with Gasteiger partial charge in [-0.25, -0.2) is 4.79 Å². The minimum absolute atomic E-state index is 0.0656. The minimum atomic E-state index is -4.40. The number of urea groups is 1. The smallest absolute Gasteiger partial charge is 0.351 e. The average Bonchev–Trinajstić information content (AvgIpc) is 2.27. The van der Waals surface area contributed by atoms with Crippen molar-refractivity contribution in [3.63, 3.8) is 0 Å². The Labute approximate surface area is 107 Å². The summed E-state index contributed by atoms with van der Waals surface area (Å²) in [7, 11) is 0. The lowest BCUT2D eigenvalue weighted by atomic mass is 10.1. The second kappa shape index (κ2) is 6.19. The van der Waals surface area contributed by atoms with Crippen LogP contribution in [0, 0.1) is 0 Å². The SMILES string of the molecule is NC(=O)NC(=O)CNCc1cccc(C(F)(F)F)c1. The van der Waals surface area contributed by atoms with Crippen molar-refractivity contribution < 1.29 is 22.8 Å². The molecule has 0 unspecified atom stereocenters. The van der Waals surface area contributed by atoms with Gasteiger partial charge in [-0.2, -0.15) is 13.2 Å². The Bertz CT molecular complexity index is 474. The molecule has 0 spiro atoms. The van der Waals surface area contributed by atoms with Gasteiger partial charge in [-0.05, 0) is 11.6 Å². The maximum Gasteiger partial charge on any atom is 0.416 e. The first-order valence-electron chi connectivity index (χ1n) is 5.25. The van der Waals surface area contributed by atoms with E-state index >= 15 is 0 Å². The molecule has 0 atom stereocenters. The van der Waals surface area contributed by atoms with Crippen LogP contribution in [0.25, 0.3) is 0 Å². The minimum Gasteiger partial charge on any atom is -0.351 e. The fourth-order valence-electron chi connectivity index (χ4n) is 1.36. The van der Waals surface area contributed by atoms with E-state index in [1.54, 1.807) is 0 Å². The summed E-state index contributed by atoms with van der Waals surface area (Å²) < 4.78 is 37.3. The zero-order chi connectivity index (χ0) is 14.5. The fourth-order valence-corrected chi connectivity index (χ4v) is 1.36. The van der Waals surface area contributed by atoms with Gasteiger partial charge >= 0.3 is 12.2 Å². The van der Waals surface area contributed by atoms with E-state index in [-0.39, 0.29) is 13.1 Å². The number of nitrogens with two attached hydrogens (primary N) is 1. The molecular weight excluding hydrogens is 263 g/mol. The third-order valence-corrected chi connectivity index (χ3v) is 2.13. The number of amides is 3. The Kier molecular flexibility index (Phi) is 4.87. The first-order chi connectivity index (χ1) is 8.79. The molecule has 4 N–H and O–H groups in total. The van der Waals surface area contributed by atoms with Crippen LogP contribution in [0.5, 0.6) is 0 Å². The molecular formula is C11H12F3N3O2. The number of benzene rings is 1. The van der Waals surface area contributed by atoms with Crippen LogP contribution in [-0.2, 0) is 17.5 Å². The van der Waals surface area contributed by atoms with Gasteiger partial charge in [0.1, 0.15) is 0 Å². The van der Waals surface area contributed by atoms with Gasteiger partial charge in [-0.1, -0.05) is 18.2 Å². The van der Waals surface area contributed by atoms with Crippen molar-refractivity contribution in [2.45, 2.75) is 12.7 Å². The topological polar surface area (TPSA) is 84.2 Å². The van der Waals surface area contributed by atoms with Gasteiger partial charge in [0.15, 0.2) is 0 Å². The highest BCUT2D eigenvalue weighted by Crippen LogP contribution is 2.29. The van der Waals surface area contributed by atoms with Crippen molar-refractivity contribution in [2.24, 2.45) is 5.73 Å². The van der Waals surface area contributed by atoms with Crippen LogP contribution >= 0.6 is 0 Å². The van der Waals surface area contributed by atoms with Crippen LogP contribution in [0.15, 0.2) is 24.3 Å². The first kappa shape index (κ1) is 15.0. The fraction of sp³-hybridized carbons (Fsp3) is 0.273. The first-order valence-corrected chi connectivity index (χ1v) is 5.25. The zero-order valence-corrected chi connectivity index (χ0v) is 9.75. The van der Waals surface area contributed by atoms with Crippen molar-refractivity contribution in [1.82, 2.24) is 10.6 Å². The summed E-state index contributed by atoms with van der Waals surface area (Å²) in [5, 5.41) is 4.42. The van der Waals surface area contributed by atoms with Crippen molar-refractivity contribution in [3.05, 3.63) is 35.4 Å². The van der Waals surface area contributed by atoms with E-state index in [1.165, 1.54) is 12.1 Å². The van der Waals surface area contributed by atoms with Crippen molar-refractivity contribution in [3.8, 4) is 0 Å². The van der Waals surface area contributed by atoms with Gasteiger partial charge in [0.05, 0.1) is 12.1 Å². The number of rotatable bonds is 4. The van der Waals surface area contributed by atoms with Crippen molar-refractivity contribution >= 4 is 11.9 Å². The number of halogens is 3. The molecule has 0 bridgehead atoms. The molecule has 0 saturated heterocycles. The Morgan fingerprint density at radius 1 is 1.26 bits per heavy atom. The zero-order valence-electron chi connectivity index (χ0n) is 9.75. The Morgan fingerprint density at radius 3 is 2.53 bits per heavy atom. The predicted octanol–water partition coefficient (Wildman–Crippen LogP) is 0.990. The average molecular weight is 275 g/mol. The van der Waals surface area contributed by atoms with E-state index in [9.17, 15) is 22.8 Å². The van der Waals surface area contributed by atoms with E-state index in [2.05, 4.69) is 5.32 Å². The molecule has 0 saturated carbocycles. The number of alkyl halides is 3. The number of carbonyl (C=O) groups excluding carboxylic acids is 2. The number of imide groups is 1. The Morgan fingerprint density at radius 2 is 1.95 bits per heavy atom. The number of primary amides is 1. The summed E-state index contributed by atoms with van der Waals surface area (Å²) in [6.07, 6.45) is -4.40. The molecule has 8 heteroatoms. The lowest BCUT2D eigenvalue weighted by Crippen LogP contribution is -2.40. The maximum absolute atomic E-state index is 12.4. The van der Waals surface area contributed by atoms with Gasteiger partial charge in [-0.15, -0.1) is 0 Å². The standard InChI is InChI=1S/C11H12F3N3O2/c12-11(13,14)8-3-1-2-7(4-8)5-16-6-9(18)17-10(15)19/h1-4,16H,5-6H2,(H3,15,17,18,19). The highest BCUT2D eigenvalue weighted by atomic mass is 19.4. The van der Waals surface area contributed by atoms with Gasteiger partial charge in [0.25, 0.3) is 0 Å². The lowest BCUT2D eigenvalue weighted by Gasteiger charge is -2.09. The molecule has 0 aliphatic rings. The van der Waals surface area contributed by atoms with E-state index in [4.69, 9.17) is 5.73 Å². The van der Waals surface area contributed by atoms with E-state index in [1.807, 2.05) is 5.32 Å². The molecule has 1 aromatic carbocycles. The Hall–Kier alpha value is -2.09. The molecule has 0 aliphatic carbocycles. The summed E-state index contributed by atoms with van der Waals surface area (Å²) in [6.45, 7) is -0.157. The summed E-state index contributed by atoms with van der Waals surface area (Å²) in [4.78, 5) is 21.4. The molecule has 0 aliphatic heterocycles. The van der Waals surface area contributed by atoms with Gasteiger partial charge < -0.3 is 11.1 Å². The van der Waals surface area contributed by atoms with Gasteiger partial charge in [-0.3, -0.25) is 10.1 Å². The van der Waals surface area contributed by atoms with E-state index in [0.29, 0.717) is 5.56 Å². The molecule has 5 nitrogen and oxygen atoms in total. The Balaban J connectivity index is 2.50. The third kappa shape index (κ3) is 5.38. The van der Waals surface area contributed by atoms with Crippen LogP contribution in [0.2, 0.25) is 0 Å². The second-order valence-electron chi connectivity index (χ2n) is 3.71. The van der Waals surface area contributed by atoms with Gasteiger partial charge in [0, 0.05) is 6.54 Å². The molecule has 0 aromatic heterocycles. The molecule has 1 rings (SSSR count). The highest BCUT2D eigenvalue weighted by molar-refractivity contribution is 5.94. The van der Waals surface area contributed by atoms with Crippen LogP contribution in [-0.4, -0.2) is 18.5 Å². The molecule has 19 heavy (non-hydrogen) atoms. The van der Waals surface area contributed by atoms with E-state index in [0.717, 1.165) is 12.1 Å². The lowest BCUT2D eigenvalue weighted by molar-refractivity contribution is -0.137. The van der Waals surface area contributed by atoms with Crippen LogP contribution in [0.3, 0.4) is 0 Å². The number of hydrogen-bond acceptors (Lipinski definition) is 3. The van der Waals surface area contributed by atoms with Crippen molar-refractivity contribution in [1.29, 1.82) is 0 Å². The van der Waals surface area contributed by atoms with Crippen LogP contribution in [0.4, 0.5) is 18.0 Å². The number of nitrogens with one attached hydrogen (secondary N) is 2. The molecule has 0 heterocycles. The molecule has 104 valence electrons. The quantitative estimate of drug-likeness (QED) is 0.766. The second-order valence-corrected chi connectivity index (χ2v) is 3.71.